The molecule has 1 aromatic rings. The highest BCUT2D eigenvalue weighted by molar-refractivity contribution is 7.89. The summed E-state index contributed by atoms with van der Waals surface area (Å²) in [6.07, 6.45) is 1.70. The Bertz CT molecular complexity index is 557. The van der Waals surface area contributed by atoms with E-state index in [0.29, 0.717) is 23.7 Å². The summed E-state index contributed by atoms with van der Waals surface area (Å²) >= 11 is 0. The van der Waals surface area contributed by atoms with Gasteiger partial charge in [0.15, 0.2) is 0 Å². The van der Waals surface area contributed by atoms with Gasteiger partial charge in [-0.05, 0) is 43.5 Å². The van der Waals surface area contributed by atoms with Gasteiger partial charge in [0.05, 0.1) is 12.0 Å². The Morgan fingerprint density at radius 1 is 1.42 bits per heavy atom. The molecule has 1 aliphatic heterocycles. The summed E-state index contributed by atoms with van der Waals surface area (Å²) in [6.45, 7) is 2.77. The van der Waals surface area contributed by atoms with Crippen LogP contribution in [-0.4, -0.2) is 39.0 Å². The molecule has 19 heavy (non-hydrogen) atoms. The van der Waals surface area contributed by atoms with Crippen LogP contribution in [0.15, 0.2) is 23.1 Å². The number of hydrogen-bond acceptors (Lipinski definition) is 4. The summed E-state index contributed by atoms with van der Waals surface area (Å²) in [5, 5.41) is 0. The third kappa shape index (κ3) is 2.91. The van der Waals surface area contributed by atoms with Crippen molar-refractivity contribution in [2.75, 3.05) is 20.2 Å². The van der Waals surface area contributed by atoms with Gasteiger partial charge in [-0.2, -0.15) is 4.31 Å². The van der Waals surface area contributed by atoms with Crippen LogP contribution in [0, 0.1) is 6.92 Å². The molecular formula is C13H20N2O3S. The third-order valence-corrected chi connectivity index (χ3v) is 5.29. The van der Waals surface area contributed by atoms with Gasteiger partial charge in [-0.15, -0.1) is 0 Å². The number of piperidine rings is 1. The molecule has 1 aromatic carbocycles. The maximum atomic E-state index is 12.5. The molecule has 0 saturated carbocycles. The van der Waals surface area contributed by atoms with Gasteiger partial charge < -0.3 is 10.5 Å². The summed E-state index contributed by atoms with van der Waals surface area (Å²) in [4.78, 5) is 0.305. The van der Waals surface area contributed by atoms with Gasteiger partial charge in [0.25, 0.3) is 0 Å². The number of nitrogens with two attached hydrogens (primary N) is 1. The van der Waals surface area contributed by atoms with Gasteiger partial charge >= 0.3 is 0 Å². The van der Waals surface area contributed by atoms with Crippen LogP contribution in [0.1, 0.15) is 18.4 Å². The Kier molecular flexibility index (Phi) is 4.13. The lowest BCUT2D eigenvalue weighted by molar-refractivity contribution is 0.316. The monoisotopic (exact) mass is 284 g/mol. The second-order valence-electron chi connectivity index (χ2n) is 4.90. The molecule has 6 heteroatoms. The minimum absolute atomic E-state index is 0.0668. The second-order valence-corrected chi connectivity index (χ2v) is 6.83. The molecule has 1 heterocycles. The molecule has 0 aromatic heterocycles. The second kappa shape index (κ2) is 5.48. The van der Waals surface area contributed by atoms with E-state index in [2.05, 4.69) is 0 Å². The van der Waals surface area contributed by atoms with Crippen molar-refractivity contribution >= 4 is 10.0 Å². The summed E-state index contributed by atoms with van der Waals surface area (Å²) in [7, 11) is -1.88. The minimum atomic E-state index is -3.44. The normalized spacial score (nSPS) is 21.3. The minimum Gasteiger partial charge on any atom is -0.496 e. The van der Waals surface area contributed by atoms with Gasteiger partial charge in [-0.3, -0.25) is 0 Å². The fraction of sp³-hybridized carbons (Fsp3) is 0.538. The van der Waals surface area contributed by atoms with E-state index in [1.54, 1.807) is 25.3 Å². The maximum absolute atomic E-state index is 12.5. The zero-order valence-electron chi connectivity index (χ0n) is 11.3. The highest BCUT2D eigenvalue weighted by Gasteiger charge is 2.29. The maximum Gasteiger partial charge on any atom is 0.243 e. The zero-order chi connectivity index (χ0) is 14.0. The molecule has 2 N–H and O–H groups in total. The van der Waals surface area contributed by atoms with E-state index in [9.17, 15) is 8.42 Å². The number of methoxy groups -OCH3 is 1. The Balaban J connectivity index is 2.31. The first-order valence-corrected chi connectivity index (χ1v) is 7.79. The highest BCUT2D eigenvalue weighted by atomic mass is 32.2. The quantitative estimate of drug-likeness (QED) is 0.902. The molecule has 1 fully saturated rings. The Labute approximate surface area is 114 Å². The number of nitrogens with zero attached hydrogens (tertiary/aromatic N) is 1. The van der Waals surface area contributed by atoms with Gasteiger partial charge in [0, 0.05) is 19.1 Å². The lowest BCUT2D eigenvalue weighted by Crippen LogP contribution is -2.45. The van der Waals surface area contributed by atoms with Crippen LogP contribution in [0.4, 0.5) is 0 Å². The van der Waals surface area contributed by atoms with Crippen LogP contribution in [0.3, 0.4) is 0 Å². The average molecular weight is 284 g/mol. The predicted molar refractivity (Wildman–Crippen MR) is 73.7 cm³/mol. The molecule has 2 rings (SSSR count). The van der Waals surface area contributed by atoms with Crippen molar-refractivity contribution in [1.82, 2.24) is 4.31 Å². The summed E-state index contributed by atoms with van der Waals surface area (Å²) in [5.74, 6) is 0.689. The Morgan fingerprint density at radius 3 is 2.74 bits per heavy atom. The van der Waals surface area contributed by atoms with Crippen LogP contribution < -0.4 is 10.5 Å². The molecule has 0 aliphatic carbocycles. The number of aryl methyl sites for hydroxylation is 1. The smallest absolute Gasteiger partial charge is 0.243 e. The van der Waals surface area contributed by atoms with E-state index in [-0.39, 0.29) is 6.04 Å². The van der Waals surface area contributed by atoms with E-state index < -0.39 is 10.0 Å². The van der Waals surface area contributed by atoms with Gasteiger partial charge in [-0.25, -0.2) is 8.42 Å². The highest BCUT2D eigenvalue weighted by Crippen LogP contribution is 2.25. The van der Waals surface area contributed by atoms with Crippen molar-refractivity contribution in [3.05, 3.63) is 23.8 Å². The molecule has 0 spiro atoms. The molecule has 1 atom stereocenters. The van der Waals surface area contributed by atoms with E-state index in [0.717, 1.165) is 18.4 Å². The number of ether oxygens (including phenoxy) is 1. The van der Waals surface area contributed by atoms with E-state index in [4.69, 9.17) is 10.5 Å². The lowest BCUT2D eigenvalue weighted by atomic mass is 10.1. The Morgan fingerprint density at radius 2 is 2.16 bits per heavy atom. The predicted octanol–water partition coefficient (Wildman–Crippen LogP) is 1.12. The average Bonchev–Trinajstić information content (AvgIpc) is 2.38. The topological polar surface area (TPSA) is 72.6 Å². The third-order valence-electron chi connectivity index (χ3n) is 3.42. The first-order chi connectivity index (χ1) is 8.95. The number of sulfonamides is 1. The van der Waals surface area contributed by atoms with Crippen LogP contribution in [-0.2, 0) is 10.0 Å². The van der Waals surface area contributed by atoms with Crippen LogP contribution >= 0.6 is 0 Å². The van der Waals surface area contributed by atoms with Gasteiger partial charge in [0.2, 0.25) is 10.0 Å². The molecule has 106 valence electrons. The van der Waals surface area contributed by atoms with Gasteiger partial charge in [0.1, 0.15) is 5.75 Å². The van der Waals surface area contributed by atoms with Gasteiger partial charge in [-0.1, -0.05) is 0 Å². The van der Waals surface area contributed by atoms with E-state index in [1.165, 1.54) is 4.31 Å². The number of rotatable bonds is 3. The first kappa shape index (κ1) is 14.3. The summed E-state index contributed by atoms with van der Waals surface area (Å²) in [6, 6.07) is 4.85. The van der Waals surface area contributed by atoms with E-state index >= 15 is 0 Å². The van der Waals surface area contributed by atoms with Crippen molar-refractivity contribution in [3.8, 4) is 5.75 Å². The van der Waals surface area contributed by atoms with Crippen LogP contribution in [0.2, 0.25) is 0 Å². The van der Waals surface area contributed by atoms with Crippen LogP contribution in [0.5, 0.6) is 5.75 Å². The van der Waals surface area contributed by atoms with Crippen LogP contribution in [0.25, 0.3) is 0 Å². The fourth-order valence-electron chi connectivity index (χ4n) is 2.35. The molecule has 0 amide bonds. The molecule has 0 radical (unpaired) electrons. The van der Waals surface area contributed by atoms with Crippen molar-refractivity contribution in [1.29, 1.82) is 0 Å². The van der Waals surface area contributed by atoms with Crippen molar-refractivity contribution in [3.63, 3.8) is 0 Å². The lowest BCUT2D eigenvalue weighted by Gasteiger charge is -2.30. The standard InChI is InChI=1S/C13H20N2O3S/c1-10-8-12(5-6-13(10)18-2)19(16,17)15-7-3-4-11(14)9-15/h5-6,8,11H,3-4,7,9,14H2,1-2H3/t11-/m1/s1. The molecule has 0 bridgehead atoms. The van der Waals surface area contributed by atoms with Crippen molar-refractivity contribution < 1.29 is 13.2 Å². The Hall–Kier alpha value is -1.11. The largest absolute Gasteiger partial charge is 0.496 e. The first-order valence-electron chi connectivity index (χ1n) is 6.35. The SMILES string of the molecule is COc1ccc(S(=O)(=O)N2CCC[C@@H](N)C2)cc1C. The number of hydrogen-bond donors (Lipinski definition) is 1. The fourth-order valence-corrected chi connectivity index (χ4v) is 3.97. The molecule has 5 nitrogen and oxygen atoms in total. The van der Waals surface area contributed by atoms with Crippen molar-refractivity contribution in [2.24, 2.45) is 5.73 Å². The molecule has 0 unspecified atom stereocenters. The molecule has 1 aliphatic rings. The summed E-state index contributed by atoms with van der Waals surface area (Å²) < 4.78 is 31.6. The zero-order valence-corrected chi connectivity index (χ0v) is 12.1. The number of benzene rings is 1. The summed E-state index contributed by atoms with van der Waals surface area (Å²) in [5.41, 5.74) is 6.66. The molecular weight excluding hydrogens is 264 g/mol. The molecule has 1 saturated heterocycles. The van der Waals surface area contributed by atoms with Crippen molar-refractivity contribution in [2.45, 2.75) is 30.7 Å². The van der Waals surface area contributed by atoms with E-state index in [1.807, 2.05) is 6.92 Å².